The third-order valence-corrected chi connectivity index (χ3v) is 4.48. The van der Waals surface area contributed by atoms with Crippen LogP contribution in [-0.4, -0.2) is 32.2 Å². The van der Waals surface area contributed by atoms with Gasteiger partial charge in [-0.25, -0.2) is 0 Å². The van der Waals surface area contributed by atoms with Crippen molar-refractivity contribution in [2.24, 2.45) is 0 Å². The second kappa shape index (κ2) is 16.7. The van der Waals surface area contributed by atoms with Gasteiger partial charge in [-0.2, -0.15) is 37.1 Å². The fraction of sp³-hybridized carbons (Fsp3) is 0.143. The Bertz CT molecular complexity index is 1120. The number of rotatable bonds is 6. The molecule has 0 atom stereocenters. The summed E-state index contributed by atoms with van der Waals surface area (Å²) in [6, 6.07) is 22.7. The van der Waals surface area contributed by atoms with Crippen LogP contribution in [0.15, 0.2) is 83.5 Å². The topological polar surface area (TPSA) is 82.8 Å². The molecular formula is C28H29LiN2O5-2. The zero-order chi connectivity index (χ0) is 25.5. The Hall–Kier alpha value is -3.92. The summed E-state index contributed by atoms with van der Waals surface area (Å²) >= 11 is 0. The molecular weight excluding hydrogens is 451 g/mol. The second-order valence-electron chi connectivity index (χ2n) is 7.06. The minimum atomic E-state index is -0.294. The van der Waals surface area contributed by atoms with Crippen LogP contribution >= 0.6 is 0 Å². The van der Waals surface area contributed by atoms with E-state index in [0.29, 0.717) is 6.54 Å². The minimum Gasteiger partial charge on any atom is -0.581 e. The van der Waals surface area contributed by atoms with Crippen LogP contribution in [0.2, 0.25) is 0 Å². The van der Waals surface area contributed by atoms with Crippen molar-refractivity contribution in [2.75, 3.05) is 21.3 Å². The Balaban J connectivity index is 0.000000291. The van der Waals surface area contributed by atoms with Crippen molar-refractivity contribution in [2.45, 2.75) is 6.54 Å². The second-order valence-corrected chi connectivity index (χ2v) is 7.06. The number of ether oxygens (including phenoxy) is 3. The average molecular weight is 480 g/mol. The standard InChI is InChI=1S/C12H11N2O3.2C8H9O.Li/c1-16-10-4-2-3-9(5-10)6-13-12(15)11-7-17-8-14-11;2*1-7-4-3-5-8(6-7)9-2;/h2-5,7H,6H2,1H3,(H,13,15);2*3-6H,1H2,2H3;/q3*-1;+1. The molecule has 1 heterocycles. The van der Waals surface area contributed by atoms with Crippen molar-refractivity contribution >= 4 is 5.91 Å². The monoisotopic (exact) mass is 480 g/mol. The van der Waals surface area contributed by atoms with Gasteiger partial charge in [-0.05, 0) is 36.1 Å². The van der Waals surface area contributed by atoms with E-state index >= 15 is 0 Å². The van der Waals surface area contributed by atoms with Crippen LogP contribution in [0.1, 0.15) is 27.2 Å². The van der Waals surface area contributed by atoms with Gasteiger partial charge < -0.3 is 28.9 Å². The quantitative estimate of drug-likeness (QED) is 0.337. The van der Waals surface area contributed by atoms with Gasteiger partial charge >= 0.3 is 18.9 Å². The van der Waals surface area contributed by atoms with Crippen molar-refractivity contribution in [3.05, 3.63) is 122 Å². The first kappa shape index (κ1) is 30.1. The van der Waals surface area contributed by atoms with Crippen LogP contribution in [0.5, 0.6) is 17.2 Å². The summed E-state index contributed by atoms with van der Waals surface area (Å²) in [4.78, 5) is 15.2. The van der Waals surface area contributed by atoms with Gasteiger partial charge in [0, 0.05) is 12.2 Å². The normalized spacial score (nSPS) is 9.19. The van der Waals surface area contributed by atoms with Crippen LogP contribution < -0.4 is 38.4 Å². The number of carbonyl (C=O) groups is 1. The van der Waals surface area contributed by atoms with E-state index in [0.717, 1.165) is 33.9 Å². The fourth-order valence-electron chi connectivity index (χ4n) is 2.69. The Morgan fingerprint density at radius 1 is 0.861 bits per heavy atom. The van der Waals surface area contributed by atoms with Crippen LogP contribution in [-0.2, 0) is 6.54 Å². The summed E-state index contributed by atoms with van der Waals surface area (Å²) < 4.78 is 19.6. The number of hydrogen-bond acceptors (Lipinski definition) is 6. The number of benzene rings is 3. The van der Waals surface area contributed by atoms with Gasteiger partial charge in [0.05, 0.1) is 32.8 Å². The zero-order valence-electron chi connectivity index (χ0n) is 21.1. The maximum absolute atomic E-state index is 11.5. The molecule has 0 bridgehead atoms. The number of amides is 1. The summed E-state index contributed by atoms with van der Waals surface area (Å²) in [5, 5.41) is 2.72. The molecule has 1 aromatic heterocycles. The summed E-state index contributed by atoms with van der Waals surface area (Å²) in [6.45, 7) is 7.90. The molecule has 1 amide bonds. The van der Waals surface area contributed by atoms with Crippen molar-refractivity contribution < 1.29 is 42.3 Å². The molecule has 0 aliphatic rings. The number of hydrogen-bond donors (Lipinski definition) is 1. The molecule has 0 fully saturated rings. The predicted molar refractivity (Wildman–Crippen MR) is 134 cm³/mol. The van der Waals surface area contributed by atoms with E-state index in [9.17, 15) is 4.79 Å². The molecule has 4 rings (SSSR count). The molecule has 0 radical (unpaired) electrons. The predicted octanol–water partition coefficient (Wildman–Crippen LogP) is 2.17. The molecule has 0 unspecified atom stereocenters. The van der Waals surface area contributed by atoms with Crippen LogP contribution in [0.3, 0.4) is 0 Å². The van der Waals surface area contributed by atoms with Crippen molar-refractivity contribution in [3.63, 3.8) is 0 Å². The van der Waals surface area contributed by atoms with Crippen LogP contribution in [0.25, 0.3) is 0 Å². The molecule has 184 valence electrons. The Morgan fingerprint density at radius 3 is 1.78 bits per heavy atom. The fourth-order valence-corrected chi connectivity index (χ4v) is 2.69. The van der Waals surface area contributed by atoms with E-state index in [1.807, 2.05) is 72.8 Å². The number of nitrogens with zero attached hydrogens (tertiary/aromatic N) is 1. The minimum absolute atomic E-state index is 0. The zero-order valence-corrected chi connectivity index (χ0v) is 21.1. The maximum Gasteiger partial charge on any atom is 1.00 e. The van der Waals surface area contributed by atoms with E-state index in [4.69, 9.17) is 14.2 Å². The summed E-state index contributed by atoms with van der Waals surface area (Å²) in [6.07, 6.45) is 3.47. The van der Waals surface area contributed by atoms with Crippen molar-refractivity contribution in [1.82, 2.24) is 10.3 Å². The van der Waals surface area contributed by atoms with Gasteiger partial charge in [0.15, 0.2) is 0 Å². The smallest absolute Gasteiger partial charge is 0.581 e. The first-order valence-corrected chi connectivity index (χ1v) is 10.6. The van der Waals surface area contributed by atoms with Crippen molar-refractivity contribution in [3.8, 4) is 17.2 Å². The van der Waals surface area contributed by atoms with E-state index in [1.165, 1.54) is 6.26 Å². The van der Waals surface area contributed by atoms with E-state index in [1.54, 1.807) is 21.3 Å². The van der Waals surface area contributed by atoms with Gasteiger partial charge in [0.1, 0.15) is 12.1 Å². The number of aromatic nitrogens is 1. The SMILES string of the molecule is COc1cccc(CNC(=O)c2co[c-]n2)c1.[CH2-]c1cccc(OC)c1.[CH2-]c1cccc(OC)c1.[Li+]. The van der Waals surface area contributed by atoms with E-state index < -0.39 is 0 Å². The first-order chi connectivity index (χ1) is 16.9. The molecule has 4 aromatic rings. The summed E-state index contributed by atoms with van der Waals surface area (Å²) in [7, 11) is 4.90. The molecule has 0 spiro atoms. The van der Waals surface area contributed by atoms with Crippen LogP contribution in [0, 0.1) is 20.2 Å². The molecule has 1 N–H and O–H groups in total. The van der Waals surface area contributed by atoms with Gasteiger partial charge in [0.25, 0.3) is 0 Å². The Morgan fingerprint density at radius 2 is 1.36 bits per heavy atom. The third-order valence-electron chi connectivity index (χ3n) is 4.48. The Kier molecular flexibility index (Phi) is 13.9. The van der Waals surface area contributed by atoms with E-state index in [2.05, 4.69) is 35.0 Å². The van der Waals surface area contributed by atoms with Gasteiger partial charge in [0.2, 0.25) is 5.91 Å². The molecule has 36 heavy (non-hydrogen) atoms. The number of methoxy groups -OCH3 is 3. The molecule has 0 saturated carbocycles. The molecule has 7 nitrogen and oxygen atoms in total. The summed E-state index contributed by atoms with van der Waals surface area (Å²) in [5.74, 6) is 2.19. The third kappa shape index (κ3) is 11.0. The van der Waals surface area contributed by atoms with Crippen molar-refractivity contribution in [1.29, 1.82) is 0 Å². The number of oxazole rings is 1. The molecule has 8 heteroatoms. The van der Waals surface area contributed by atoms with Crippen LogP contribution in [0.4, 0.5) is 0 Å². The maximum atomic E-state index is 11.5. The van der Waals surface area contributed by atoms with Gasteiger partial charge in [-0.3, -0.25) is 4.79 Å². The van der Waals surface area contributed by atoms with Gasteiger partial charge in [-0.15, -0.1) is 24.3 Å². The van der Waals surface area contributed by atoms with Gasteiger partial charge in [-0.1, -0.05) is 12.1 Å². The largest absolute Gasteiger partial charge is 1.00 e. The first-order valence-electron chi connectivity index (χ1n) is 10.6. The number of nitrogens with one attached hydrogen (secondary N) is 1. The van der Waals surface area contributed by atoms with E-state index in [-0.39, 0.29) is 30.5 Å². The molecule has 0 saturated heterocycles. The summed E-state index contributed by atoms with van der Waals surface area (Å²) in [5.41, 5.74) is 3.13. The Labute approximate surface area is 225 Å². The molecule has 0 aliphatic heterocycles. The average Bonchev–Trinajstić information content (AvgIpc) is 3.43. The number of carbonyl (C=O) groups excluding carboxylic acids is 1. The molecule has 3 aromatic carbocycles. The molecule has 0 aliphatic carbocycles.